The summed E-state index contributed by atoms with van der Waals surface area (Å²) in [5, 5.41) is 24.6. The molecule has 0 heterocycles. The quantitative estimate of drug-likeness (QED) is 0.356. The minimum absolute atomic E-state index is 0. The molecule has 0 aromatic heterocycles. The zero-order valence-electron chi connectivity index (χ0n) is 14.9. The van der Waals surface area contributed by atoms with Crippen molar-refractivity contribution in [1.82, 2.24) is 0 Å². The van der Waals surface area contributed by atoms with Crippen LogP contribution < -0.4 is 0 Å². The summed E-state index contributed by atoms with van der Waals surface area (Å²) in [5.74, 6) is -3.27. The second-order valence-corrected chi connectivity index (χ2v) is 6.43. The smallest absolute Gasteiger partial charge is 0.316 e. The Kier molecular flexibility index (Phi) is 16.4. The van der Waals surface area contributed by atoms with Gasteiger partial charge in [0.15, 0.2) is 0 Å². The minimum atomic E-state index is -1.22. The van der Waals surface area contributed by atoms with Crippen LogP contribution in [0.4, 0.5) is 0 Å². The maximum absolute atomic E-state index is 10.0. The third-order valence-corrected chi connectivity index (χ3v) is 2.54. The van der Waals surface area contributed by atoms with E-state index in [9.17, 15) is 28.8 Å². The van der Waals surface area contributed by atoms with E-state index in [1.165, 1.54) is 41.5 Å². The number of carboxylic acids is 3. The molecule has 3 N–H and O–H groups in total. The van der Waals surface area contributed by atoms with E-state index >= 15 is 0 Å². The number of rotatable bonds is 6. The summed E-state index contributed by atoms with van der Waals surface area (Å²) in [5.41, 5.74) is -3.67. The fraction of sp³-hybridized carbons (Fsp3) is 0.600. The summed E-state index contributed by atoms with van der Waals surface area (Å²) in [6, 6.07) is 0. The molecule has 0 fully saturated rings. The maximum Gasteiger partial charge on any atom is 0.316 e. The monoisotopic (exact) mass is 500 g/mol. The van der Waals surface area contributed by atoms with Crippen molar-refractivity contribution in [3.8, 4) is 0 Å². The van der Waals surface area contributed by atoms with Crippen LogP contribution in [0.2, 0.25) is 0 Å². The molecule has 9 nitrogen and oxygen atoms in total. The Labute approximate surface area is 178 Å². The third kappa shape index (κ3) is 14.8. The molecule has 0 amide bonds. The standard InChI is InChI=1S/3C5H8O3.Sm/c3*1-5(2,3-6)4(7)8;/h3*3H,1-2H3,(H,7,8);. The van der Waals surface area contributed by atoms with Crippen molar-refractivity contribution >= 4 is 36.8 Å². The summed E-state index contributed by atoms with van der Waals surface area (Å²) in [6.07, 6.45) is 1.24. The first kappa shape index (κ1) is 31.5. The second-order valence-electron chi connectivity index (χ2n) is 6.43. The second kappa shape index (κ2) is 13.0. The van der Waals surface area contributed by atoms with Crippen LogP contribution in [-0.4, -0.2) is 52.1 Å². The number of aldehydes is 3. The molecule has 0 saturated heterocycles. The fourth-order valence-corrected chi connectivity index (χ4v) is 0.151. The fourth-order valence-electron chi connectivity index (χ4n) is 0.151. The molecule has 0 aliphatic rings. The number of carbonyl (C=O) groups excluding carboxylic acids is 3. The van der Waals surface area contributed by atoms with E-state index in [-0.39, 0.29) is 40.4 Å². The Morgan fingerprint density at radius 2 is 0.680 bits per heavy atom. The van der Waals surface area contributed by atoms with Gasteiger partial charge >= 0.3 is 17.9 Å². The van der Waals surface area contributed by atoms with Gasteiger partial charge in [0.1, 0.15) is 35.1 Å². The van der Waals surface area contributed by atoms with Crippen LogP contribution in [0.1, 0.15) is 41.5 Å². The van der Waals surface area contributed by atoms with Crippen molar-refractivity contribution in [2.75, 3.05) is 0 Å². The van der Waals surface area contributed by atoms with Crippen LogP contribution in [-0.2, 0) is 28.8 Å². The molecule has 0 aliphatic carbocycles. The van der Waals surface area contributed by atoms with Crippen molar-refractivity contribution in [3.05, 3.63) is 0 Å². The van der Waals surface area contributed by atoms with E-state index < -0.39 is 34.2 Å². The average Bonchev–Trinajstić information content (AvgIpc) is 2.47. The van der Waals surface area contributed by atoms with Gasteiger partial charge in [-0.1, -0.05) is 0 Å². The predicted molar refractivity (Wildman–Crippen MR) is 82.4 cm³/mol. The molecule has 0 rings (SSSR count). The van der Waals surface area contributed by atoms with Gasteiger partial charge in [0.25, 0.3) is 0 Å². The molecule has 0 aromatic rings. The summed E-state index contributed by atoms with van der Waals surface area (Å²) >= 11 is 0. The van der Waals surface area contributed by atoms with E-state index in [1.54, 1.807) is 0 Å². The normalized spacial score (nSPS) is 10.3. The van der Waals surface area contributed by atoms with Crippen LogP contribution in [0.3, 0.4) is 0 Å². The maximum atomic E-state index is 10.0. The number of carbonyl (C=O) groups is 6. The zero-order valence-corrected chi connectivity index (χ0v) is 17.6. The van der Waals surface area contributed by atoms with Crippen molar-refractivity contribution < 1.29 is 84.5 Å². The summed E-state index contributed by atoms with van der Waals surface area (Å²) in [6.45, 7) is 8.10. The molecule has 144 valence electrons. The van der Waals surface area contributed by atoms with E-state index in [0.717, 1.165) is 0 Å². The van der Waals surface area contributed by atoms with Gasteiger partial charge in [-0.3, -0.25) is 14.4 Å². The molecule has 0 spiro atoms. The molecule has 0 radical (unpaired) electrons. The Bertz CT molecular complexity index is 422. The van der Waals surface area contributed by atoms with Gasteiger partial charge in [0.05, 0.1) is 0 Å². The number of carboxylic acid groups (broad SMARTS) is 3. The van der Waals surface area contributed by atoms with Crippen LogP contribution >= 0.6 is 0 Å². The molecular weight excluding hydrogens is 475 g/mol. The Hall–Kier alpha value is -1.24. The van der Waals surface area contributed by atoms with Crippen molar-refractivity contribution in [1.29, 1.82) is 0 Å². The van der Waals surface area contributed by atoms with Gasteiger partial charge < -0.3 is 29.7 Å². The number of hydrogen-bond donors (Lipinski definition) is 3. The SMILES string of the molecule is CC(C)(C=O)C(=O)O.CC(C)(C=O)C(=O)O.CC(C)(C=O)C(=O)O.[Sm]. The number of aliphatic carboxylic acids is 3. The van der Waals surface area contributed by atoms with E-state index in [2.05, 4.69) is 0 Å². The molecule has 0 unspecified atom stereocenters. The first-order chi connectivity index (χ1) is 10.5. The molecular formula is C15H24O9Sm. The zero-order chi connectivity index (χ0) is 20.4. The van der Waals surface area contributed by atoms with Gasteiger partial charge in [0.2, 0.25) is 0 Å². The average molecular weight is 499 g/mol. The topological polar surface area (TPSA) is 163 Å². The van der Waals surface area contributed by atoms with Crippen molar-refractivity contribution in [3.63, 3.8) is 0 Å². The van der Waals surface area contributed by atoms with Gasteiger partial charge in [-0.15, -0.1) is 0 Å². The van der Waals surface area contributed by atoms with Crippen LogP contribution in [0, 0.1) is 56.6 Å². The molecule has 0 aliphatic heterocycles. The van der Waals surface area contributed by atoms with Gasteiger partial charge in [-0.25, -0.2) is 0 Å². The molecule has 10 heteroatoms. The number of hydrogen-bond acceptors (Lipinski definition) is 6. The van der Waals surface area contributed by atoms with Gasteiger partial charge in [-0.2, -0.15) is 0 Å². The Morgan fingerprint density at radius 3 is 0.680 bits per heavy atom. The molecule has 0 aromatic carbocycles. The predicted octanol–water partition coefficient (Wildman–Crippen LogP) is 0.888. The van der Waals surface area contributed by atoms with Crippen LogP contribution in [0.25, 0.3) is 0 Å². The minimum Gasteiger partial charge on any atom is -0.481 e. The largest absolute Gasteiger partial charge is 0.481 e. The Balaban J connectivity index is -0.000000130. The van der Waals surface area contributed by atoms with E-state index in [4.69, 9.17) is 15.3 Å². The summed E-state index contributed by atoms with van der Waals surface area (Å²) < 4.78 is 0. The summed E-state index contributed by atoms with van der Waals surface area (Å²) in [4.78, 5) is 59.7. The first-order valence-electron chi connectivity index (χ1n) is 6.61. The molecule has 25 heavy (non-hydrogen) atoms. The van der Waals surface area contributed by atoms with Gasteiger partial charge in [0, 0.05) is 40.4 Å². The molecule has 0 bridgehead atoms. The van der Waals surface area contributed by atoms with Gasteiger partial charge in [-0.05, 0) is 41.5 Å². The first-order valence-corrected chi connectivity index (χ1v) is 6.61. The Morgan fingerprint density at radius 1 is 0.560 bits per heavy atom. The third-order valence-electron chi connectivity index (χ3n) is 2.54. The summed E-state index contributed by atoms with van der Waals surface area (Å²) in [7, 11) is 0. The van der Waals surface area contributed by atoms with Crippen LogP contribution in [0.5, 0.6) is 0 Å². The molecule has 0 atom stereocenters. The van der Waals surface area contributed by atoms with Crippen LogP contribution in [0.15, 0.2) is 0 Å². The van der Waals surface area contributed by atoms with Crippen molar-refractivity contribution in [2.24, 2.45) is 16.2 Å². The van der Waals surface area contributed by atoms with Crippen molar-refractivity contribution in [2.45, 2.75) is 41.5 Å². The molecule has 0 saturated carbocycles. The van der Waals surface area contributed by atoms with E-state index in [1.807, 2.05) is 0 Å². The van der Waals surface area contributed by atoms with E-state index in [0.29, 0.717) is 18.9 Å².